The van der Waals surface area contributed by atoms with E-state index in [0.717, 1.165) is 38.7 Å². The van der Waals surface area contributed by atoms with Crippen molar-refractivity contribution >= 4 is 5.82 Å². The van der Waals surface area contributed by atoms with Gasteiger partial charge in [-0.2, -0.15) is 0 Å². The topological polar surface area (TPSA) is 31.8 Å². The monoisotopic (exact) mass is 304 g/mol. The molecule has 2 fully saturated rings. The molecular formula is C17H28N4O. The third kappa shape index (κ3) is 3.42. The third-order valence-corrected chi connectivity index (χ3v) is 5.01. The van der Waals surface area contributed by atoms with Crippen LogP contribution in [-0.2, 0) is 11.3 Å². The van der Waals surface area contributed by atoms with Gasteiger partial charge in [-0.1, -0.05) is 0 Å². The average molecular weight is 304 g/mol. The van der Waals surface area contributed by atoms with E-state index in [4.69, 9.17) is 4.74 Å². The summed E-state index contributed by atoms with van der Waals surface area (Å²) in [6.45, 7) is 8.53. The van der Waals surface area contributed by atoms with Crippen molar-refractivity contribution in [2.24, 2.45) is 0 Å². The van der Waals surface area contributed by atoms with Crippen molar-refractivity contribution in [2.75, 3.05) is 51.8 Å². The molecule has 2 aliphatic rings. The summed E-state index contributed by atoms with van der Waals surface area (Å²) in [5.41, 5.74) is 1.35. The minimum absolute atomic E-state index is 0.606. The van der Waals surface area contributed by atoms with E-state index in [-0.39, 0.29) is 0 Å². The highest BCUT2D eigenvalue weighted by Gasteiger charge is 2.35. The summed E-state index contributed by atoms with van der Waals surface area (Å²) < 4.78 is 5.49. The van der Waals surface area contributed by atoms with Crippen molar-refractivity contribution < 1.29 is 4.74 Å². The summed E-state index contributed by atoms with van der Waals surface area (Å²) in [6.07, 6.45) is 3.19. The zero-order valence-electron chi connectivity index (χ0n) is 14.0. The number of nitrogens with zero attached hydrogens (tertiary/aromatic N) is 4. The molecule has 0 aromatic carbocycles. The van der Waals surface area contributed by atoms with Gasteiger partial charge in [0.25, 0.3) is 0 Å². The predicted molar refractivity (Wildman–Crippen MR) is 89.2 cm³/mol. The van der Waals surface area contributed by atoms with E-state index in [1.807, 2.05) is 20.3 Å². The first kappa shape index (κ1) is 15.7. The molecule has 2 saturated heterocycles. The van der Waals surface area contributed by atoms with E-state index >= 15 is 0 Å². The van der Waals surface area contributed by atoms with Gasteiger partial charge in [-0.05, 0) is 31.0 Å². The Bertz CT molecular complexity index is 487. The maximum Gasteiger partial charge on any atom is 0.128 e. The van der Waals surface area contributed by atoms with Crippen LogP contribution in [0.4, 0.5) is 5.82 Å². The van der Waals surface area contributed by atoms with Crippen molar-refractivity contribution in [2.45, 2.75) is 32.0 Å². The molecular weight excluding hydrogens is 276 g/mol. The summed E-state index contributed by atoms with van der Waals surface area (Å²) in [5, 5.41) is 0. The van der Waals surface area contributed by atoms with Crippen LogP contribution in [-0.4, -0.2) is 73.8 Å². The van der Waals surface area contributed by atoms with E-state index < -0.39 is 0 Å². The average Bonchev–Trinajstić information content (AvgIpc) is 2.89. The highest BCUT2D eigenvalue weighted by molar-refractivity contribution is 5.39. The molecule has 0 unspecified atom stereocenters. The minimum atomic E-state index is 0.606. The minimum Gasteiger partial charge on any atom is -0.379 e. The summed E-state index contributed by atoms with van der Waals surface area (Å²) in [4.78, 5) is 11.7. The Morgan fingerprint density at radius 3 is 2.77 bits per heavy atom. The molecule has 1 aromatic heterocycles. The summed E-state index contributed by atoms with van der Waals surface area (Å²) in [7, 11) is 4.08. The number of likely N-dealkylation sites (tertiary alicyclic amines) is 1. The molecule has 0 aliphatic carbocycles. The van der Waals surface area contributed by atoms with Gasteiger partial charge >= 0.3 is 0 Å². The lowest BCUT2D eigenvalue weighted by Gasteiger charge is -2.36. The van der Waals surface area contributed by atoms with Gasteiger partial charge in [0.1, 0.15) is 5.82 Å². The van der Waals surface area contributed by atoms with E-state index in [9.17, 15) is 0 Å². The van der Waals surface area contributed by atoms with Crippen LogP contribution in [0.5, 0.6) is 0 Å². The van der Waals surface area contributed by atoms with Gasteiger partial charge < -0.3 is 9.64 Å². The first-order chi connectivity index (χ1) is 10.6. The van der Waals surface area contributed by atoms with Crippen LogP contribution >= 0.6 is 0 Å². The van der Waals surface area contributed by atoms with Gasteiger partial charge in [0.2, 0.25) is 0 Å². The second-order valence-electron chi connectivity index (χ2n) is 6.63. The Balaban J connectivity index is 1.62. The fraction of sp³-hybridized carbons (Fsp3) is 0.706. The fourth-order valence-corrected chi connectivity index (χ4v) is 3.64. The number of rotatable bonds is 4. The second-order valence-corrected chi connectivity index (χ2v) is 6.63. The number of hydrogen-bond acceptors (Lipinski definition) is 5. The van der Waals surface area contributed by atoms with Crippen LogP contribution in [0.25, 0.3) is 0 Å². The molecule has 0 radical (unpaired) electrons. The quantitative estimate of drug-likeness (QED) is 0.840. The van der Waals surface area contributed by atoms with Crippen LogP contribution in [0.3, 0.4) is 0 Å². The molecule has 0 N–H and O–H groups in total. The molecule has 1 aromatic rings. The van der Waals surface area contributed by atoms with E-state index in [1.165, 1.54) is 18.5 Å². The van der Waals surface area contributed by atoms with Crippen LogP contribution < -0.4 is 4.90 Å². The number of pyridine rings is 1. The predicted octanol–water partition coefficient (Wildman–Crippen LogP) is 1.44. The van der Waals surface area contributed by atoms with Crippen molar-refractivity contribution in [3.8, 4) is 0 Å². The summed E-state index contributed by atoms with van der Waals surface area (Å²) in [5.74, 6) is 1.04. The molecule has 2 atom stereocenters. The Hall–Kier alpha value is -1.17. The molecule has 3 rings (SSSR count). The van der Waals surface area contributed by atoms with Crippen LogP contribution in [0.15, 0.2) is 18.3 Å². The zero-order chi connectivity index (χ0) is 15.5. The molecule has 5 heteroatoms. The smallest absolute Gasteiger partial charge is 0.128 e. The van der Waals surface area contributed by atoms with Gasteiger partial charge in [-0.25, -0.2) is 4.98 Å². The Morgan fingerprint density at radius 2 is 2.05 bits per heavy atom. The van der Waals surface area contributed by atoms with E-state index in [2.05, 4.69) is 38.7 Å². The zero-order valence-corrected chi connectivity index (χ0v) is 14.0. The number of morpholine rings is 1. The van der Waals surface area contributed by atoms with Crippen molar-refractivity contribution in [1.29, 1.82) is 0 Å². The maximum absolute atomic E-state index is 5.49. The molecule has 5 nitrogen and oxygen atoms in total. The number of anilines is 1. The van der Waals surface area contributed by atoms with Crippen LogP contribution in [0.2, 0.25) is 0 Å². The van der Waals surface area contributed by atoms with Crippen molar-refractivity contribution in [1.82, 2.24) is 14.8 Å². The first-order valence-corrected chi connectivity index (χ1v) is 8.33. The highest BCUT2D eigenvalue weighted by Crippen LogP contribution is 2.25. The lowest BCUT2D eigenvalue weighted by Crippen LogP contribution is -2.48. The van der Waals surface area contributed by atoms with E-state index in [1.54, 1.807) is 0 Å². The van der Waals surface area contributed by atoms with Gasteiger partial charge in [0, 0.05) is 58.6 Å². The Morgan fingerprint density at radius 1 is 1.27 bits per heavy atom. The molecule has 3 heterocycles. The lowest BCUT2D eigenvalue weighted by molar-refractivity contribution is 0.00984. The first-order valence-electron chi connectivity index (χ1n) is 8.33. The van der Waals surface area contributed by atoms with E-state index in [0.29, 0.717) is 12.1 Å². The highest BCUT2D eigenvalue weighted by atomic mass is 16.5. The fourth-order valence-electron chi connectivity index (χ4n) is 3.64. The van der Waals surface area contributed by atoms with Crippen molar-refractivity contribution in [3.63, 3.8) is 0 Å². The number of ether oxygens (including phenoxy) is 1. The Labute approximate surface area is 133 Å². The molecule has 0 spiro atoms. The molecule has 0 saturated carbocycles. The summed E-state index contributed by atoms with van der Waals surface area (Å²) >= 11 is 0. The largest absolute Gasteiger partial charge is 0.379 e. The number of hydrogen-bond donors (Lipinski definition) is 0. The third-order valence-electron chi connectivity index (χ3n) is 5.01. The van der Waals surface area contributed by atoms with Crippen LogP contribution in [0, 0.1) is 0 Å². The molecule has 22 heavy (non-hydrogen) atoms. The normalized spacial score (nSPS) is 27.2. The van der Waals surface area contributed by atoms with Gasteiger partial charge in [0.05, 0.1) is 13.2 Å². The van der Waals surface area contributed by atoms with Gasteiger partial charge in [-0.3, -0.25) is 9.80 Å². The Kier molecular flexibility index (Phi) is 4.96. The molecule has 0 amide bonds. The standard InChI is InChI=1S/C17H28N4O/c1-14-16(20-8-10-22-11-9-20)5-7-21(14)13-15-4-6-18-17(12-15)19(2)3/h4,6,12,14,16H,5,7-11,13H2,1-3H3/t14-,16-/m1/s1. The SMILES string of the molecule is C[C@@H]1[C@H](N2CCOCC2)CCN1Cc1ccnc(N(C)C)c1. The van der Waals surface area contributed by atoms with Gasteiger partial charge in [-0.15, -0.1) is 0 Å². The lowest BCUT2D eigenvalue weighted by atomic mass is 10.1. The van der Waals surface area contributed by atoms with Gasteiger partial charge in [0.15, 0.2) is 0 Å². The molecule has 122 valence electrons. The second kappa shape index (κ2) is 6.94. The molecule has 2 aliphatic heterocycles. The summed E-state index contributed by atoms with van der Waals surface area (Å²) in [6, 6.07) is 5.63. The van der Waals surface area contributed by atoms with Crippen molar-refractivity contribution in [3.05, 3.63) is 23.9 Å². The maximum atomic E-state index is 5.49. The number of aromatic nitrogens is 1. The van der Waals surface area contributed by atoms with Crippen LogP contribution in [0.1, 0.15) is 18.9 Å². The molecule has 0 bridgehead atoms.